The lowest BCUT2D eigenvalue weighted by atomic mass is 10.0. The molecule has 2 saturated heterocycles. The second-order valence-corrected chi connectivity index (χ2v) is 6.63. The summed E-state index contributed by atoms with van der Waals surface area (Å²) in [7, 11) is 0. The van der Waals surface area contributed by atoms with Gasteiger partial charge in [0.1, 0.15) is 5.75 Å². The van der Waals surface area contributed by atoms with Gasteiger partial charge in [-0.2, -0.15) is 0 Å². The van der Waals surface area contributed by atoms with Crippen molar-refractivity contribution in [2.24, 2.45) is 0 Å². The third-order valence-corrected chi connectivity index (χ3v) is 5.14. The highest BCUT2D eigenvalue weighted by atomic mass is 16.6. The lowest BCUT2D eigenvalue weighted by molar-refractivity contribution is -0.188. The standard InChI is InChI=1S/C18H26N4O4/c23-14-20-18(17(24)25,26-16-4-2-1-3-5-16)22-12-10-21(11-13-22)15-6-8-19-9-7-15/h1-5,14-15,19H,6-13H2,(H,20,23)(H,24,25). The number of carbonyl (C=O) groups is 2. The molecular formula is C18H26N4O4. The van der Waals surface area contributed by atoms with Crippen molar-refractivity contribution >= 4 is 12.4 Å². The van der Waals surface area contributed by atoms with E-state index in [1.165, 1.54) is 0 Å². The molecule has 3 rings (SSSR count). The molecule has 1 unspecified atom stereocenters. The number of piperazine rings is 1. The van der Waals surface area contributed by atoms with Crippen LogP contribution in [0.3, 0.4) is 0 Å². The van der Waals surface area contributed by atoms with Crippen LogP contribution in [0.25, 0.3) is 0 Å². The van der Waals surface area contributed by atoms with Crippen molar-refractivity contribution in [3.63, 3.8) is 0 Å². The second-order valence-electron chi connectivity index (χ2n) is 6.63. The molecule has 1 aromatic rings. The highest BCUT2D eigenvalue weighted by Crippen LogP contribution is 2.23. The van der Waals surface area contributed by atoms with Gasteiger partial charge in [0, 0.05) is 32.2 Å². The molecule has 2 fully saturated rings. The summed E-state index contributed by atoms with van der Waals surface area (Å²) in [6.45, 7) is 4.55. The van der Waals surface area contributed by atoms with E-state index < -0.39 is 11.8 Å². The van der Waals surface area contributed by atoms with Crippen molar-refractivity contribution in [3.05, 3.63) is 30.3 Å². The molecule has 0 radical (unpaired) electrons. The highest BCUT2D eigenvalue weighted by molar-refractivity contribution is 5.79. The van der Waals surface area contributed by atoms with E-state index in [0.29, 0.717) is 31.3 Å². The second kappa shape index (κ2) is 8.48. The molecule has 0 aromatic heterocycles. The van der Waals surface area contributed by atoms with Gasteiger partial charge in [-0.05, 0) is 38.1 Å². The van der Waals surface area contributed by atoms with Crippen molar-refractivity contribution < 1.29 is 19.4 Å². The fraction of sp³-hybridized carbons (Fsp3) is 0.556. The number of hydrogen-bond donors (Lipinski definition) is 3. The van der Waals surface area contributed by atoms with Crippen LogP contribution in [-0.2, 0) is 9.59 Å². The first kappa shape index (κ1) is 18.6. The molecule has 26 heavy (non-hydrogen) atoms. The van der Waals surface area contributed by atoms with Crippen LogP contribution in [0.4, 0.5) is 0 Å². The lowest BCUT2D eigenvalue weighted by Gasteiger charge is -2.46. The summed E-state index contributed by atoms with van der Waals surface area (Å²) in [4.78, 5) is 27.4. The van der Waals surface area contributed by atoms with Crippen molar-refractivity contribution in [1.29, 1.82) is 0 Å². The number of carboxylic acids is 1. The van der Waals surface area contributed by atoms with Gasteiger partial charge in [0.15, 0.2) is 0 Å². The summed E-state index contributed by atoms with van der Waals surface area (Å²) in [5.41, 5.74) is 0. The molecule has 1 atom stereocenters. The Labute approximate surface area is 153 Å². The summed E-state index contributed by atoms with van der Waals surface area (Å²) in [5.74, 6) is -2.74. The van der Waals surface area contributed by atoms with Crippen LogP contribution >= 0.6 is 0 Å². The number of ether oxygens (including phenoxy) is 1. The van der Waals surface area contributed by atoms with Gasteiger partial charge >= 0.3 is 11.8 Å². The van der Waals surface area contributed by atoms with Crippen LogP contribution in [0.2, 0.25) is 0 Å². The van der Waals surface area contributed by atoms with Crippen LogP contribution in [0.15, 0.2) is 30.3 Å². The number of aliphatic carboxylic acids is 1. The molecule has 2 aliphatic rings. The number of carboxylic acid groups (broad SMARTS) is 1. The number of para-hydroxylation sites is 1. The molecule has 8 heteroatoms. The van der Waals surface area contributed by atoms with Crippen LogP contribution in [0.1, 0.15) is 12.8 Å². The van der Waals surface area contributed by atoms with Gasteiger partial charge in [0.25, 0.3) is 0 Å². The lowest BCUT2D eigenvalue weighted by Crippen LogP contribution is -2.71. The van der Waals surface area contributed by atoms with Crippen molar-refractivity contribution in [1.82, 2.24) is 20.4 Å². The SMILES string of the molecule is O=CNC(Oc1ccccc1)(C(=O)O)N1CCN(C2CCNCC2)CC1. The molecule has 2 aliphatic heterocycles. The maximum atomic E-state index is 12.1. The Morgan fingerprint density at radius 3 is 2.42 bits per heavy atom. The molecule has 0 spiro atoms. The Hall–Kier alpha value is -2.16. The summed E-state index contributed by atoms with van der Waals surface area (Å²) in [6, 6.07) is 9.23. The van der Waals surface area contributed by atoms with E-state index in [1.54, 1.807) is 29.2 Å². The molecule has 0 saturated carbocycles. The van der Waals surface area contributed by atoms with E-state index in [-0.39, 0.29) is 0 Å². The minimum atomic E-state index is -1.90. The zero-order valence-electron chi connectivity index (χ0n) is 14.8. The summed E-state index contributed by atoms with van der Waals surface area (Å²) < 4.78 is 5.78. The fourth-order valence-corrected chi connectivity index (χ4v) is 3.74. The minimum Gasteiger partial charge on any atom is -0.476 e. The fourth-order valence-electron chi connectivity index (χ4n) is 3.74. The van der Waals surface area contributed by atoms with Crippen LogP contribution in [0.5, 0.6) is 5.75 Å². The Morgan fingerprint density at radius 2 is 1.85 bits per heavy atom. The van der Waals surface area contributed by atoms with Crippen LogP contribution in [-0.4, -0.2) is 78.4 Å². The molecule has 0 aliphatic carbocycles. The predicted molar refractivity (Wildman–Crippen MR) is 95.7 cm³/mol. The average Bonchev–Trinajstić information content (AvgIpc) is 2.69. The van der Waals surface area contributed by atoms with Crippen molar-refractivity contribution in [3.8, 4) is 5.75 Å². The predicted octanol–water partition coefficient (Wildman–Crippen LogP) is -0.0806. The maximum Gasteiger partial charge on any atom is 0.387 e. The highest BCUT2D eigenvalue weighted by Gasteiger charge is 2.48. The molecular weight excluding hydrogens is 336 g/mol. The Bertz CT molecular complexity index is 600. The number of carbonyl (C=O) groups excluding carboxylic acids is 1. The number of benzene rings is 1. The molecule has 1 aromatic carbocycles. The zero-order chi connectivity index (χ0) is 18.4. The average molecular weight is 362 g/mol. The van der Waals surface area contributed by atoms with E-state index in [9.17, 15) is 14.7 Å². The third kappa shape index (κ3) is 3.98. The van der Waals surface area contributed by atoms with Gasteiger partial charge in [-0.15, -0.1) is 0 Å². The Kier molecular flexibility index (Phi) is 6.08. The first-order valence-corrected chi connectivity index (χ1v) is 9.04. The topological polar surface area (TPSA) is 94.1 Å². The molecule has 3 N–H and O–H groups in total. The van der Waals surface area contributed by atoms with E-state index >= 15 is 0 Å². The van der Waals surface area contributed by atoms with Crippen molar-refractivity contribution in [2.75, 3.05) is 39.3 Å². The number of rotatable bonds is 7. The van der Waals surface area contributed by atoms with Gasteiger partial charge in [0.2, 0.25) is 6.41 Å². The van der Waals surface area contributed by atoms with E-state index in [0.717, 1.165) is 39.0 Å². The van der Waals surface area contributed by atoms with Gasteiger partial charge in [-0.25, -0.2) is 9.69 Å². The van der Waals surface area contributed by atoms with Crippen LogP contribution < -0.4 is 15.4 Å². The van der Waals surface area contributed by atoms with Gasteiger partial charge in [-0.3, -0.25) is 15.0 Å². The van der Waals surface area contributed by atoms with Crippen LogP contribution in [0, 0.1) is 0 Å². The third-order valence-electron chi connectivity index (χ3n) is 5.14. The maximum absolute atomic E-state index is 12.1. The normalized spacial score (nSPS) is 22.3. The summed E-state index contributed by atoms with van der Waals surface area (Å²) >= 11 is 0. The monoisotopic (exact) mass is 362 g/mol. The van der Waals surface area contributed by atoms with Gasteiger partial charge < -0.3 is 15.2 Å². The molecule has 0 bridgehead atoms. The first-order chi connectivity index (χ1) is 12.7. The molecule has 1 amide bonds. The first-order valence-electron chi connectivity index (χ1n) is 9.04. The summed E-state index contributed by atoms with van der Waals surface area (Å²) in [5, 5.41) is 15.6. The number of amides is 1. The smallest absolute Gasteiger partial charge is 0.387 e. The molecule has 2 heterocycles. The molecule has 8 nitrogen and oxygen atoms in total. The largest absolute Gasteiger partial charge is 0.476 e. The number of nitrogens with zero attached hydrogens (tertiary/aromatic N) is 2. The Morgan fingerprint density at radius 1 is 1.19 bits per heavy atom. The van der Waals surface area contributed by atoms with Gasteiger partial charge in [-0.1, -0.05) is 18.2 Å². The molecule has 142 valence electrons. The quantitative estimate of drug-likeness (QED) is 0.461. The number of nitrogens with one attached hydrogen (secondary N) is 2. The van der Waals surface area contributed by atoms with E-state index in [2.05, 4.69) is 15.5 Å². The Balaban J connectivity index is 1.73. The van der Waals surface area contributed by atoms with E-state index in [4.69, 9.17) is 4.74 Å². The number of hydrogen-bond acceptors (Lipinski definition) is 6. The van der Waals surface area contributed by atoms with Gasteiger partial charge in [0.05, 0.1) is 0 Å². The van der Waals surface area contributed by atoms with Crippen molar-refractivity contribution in [2.45, 2.75) is 24.7 Å². The number of piperidine rings is 1. The van der Waals surface area contributed by atoms with E-state index in [1.807, 2.05) is 6.07 Å². The zero-order valence-corrected chi connectivity index (χ0v) is 14.8. The summed E-state index contributed by atoms with van der Waals surface area (Å²) in [6.07, 6.45) is 2.60. The minimum absolute atomic E-state index is 0.385.